The van der Waals surface area contributed by atoms with Gasteiger partial charge in [0, 0.05) is 12.2 Å². The molecule has 0 bridgehead atoms. The fourth-order valence-corrected chi connectivity index (χ4v) is 3.71. The molecule has 0 aliphatic carbocycles. The summed E-state index contributed by atoms with van der Waals surface area (Å²) in [7, 11) is 0. The quantitative estimate of drug-likeness (QED) is 0.399. The molecular weight excluding hydrogens is 426 g/mol. The standard InChI is InChI=1S/C25H28BrNO2/c1-5-28-24-14-21(15-27-23-8-6-7-18(3)19(23)4)13-22(26)25(24)29-16-20-11-9-17(2)10-12-20/h6-14,27H,5,15-16H2,1-4H3. The van der Waals surface area contributed by atoms with Crippen molar-refractivity contribution in [2.45, 2.75) is 40.8 Å². The van der Waals surface area contributed by atoms with Gasteiger partial charge in [-0.15, -0.1) is 0 Å². The Hall–Kier alpha value is -2.46. The van der Waals surface area contributed by atoms with Crippen LogP contribution in [0.25, 0.3) is 0 Å². The minimum Gasteiger partial charge on any atom is -0.490 e. The van der Waals surface area contributed by atoms with Crippen LogP contribution in [-0.4, -0.2) is 6.61 Å². The number of hydrogen-bond acceptors (Lipinski definition) is 3. The summed E-state index contributed by atoms with van der Waals surface area (Å²) in [5, 5.41) is 3.53. The maximum Gasteiger partial charge on any atom is 0.175 e. The number of nitrogens with one attached hydrogen (secondary N) is 1. The van der Waals surface area contributed by atoms with Crippen molar-refractivity contribution in [3.63, 3.8) is 0 Å². The number of benzene rings is 3. The molecule has 1 N–H and O–H groups in total. The van der Waals surface area contributed by atoms with E-state index in [-0.39, 0.29) is 0 Å². The smallest absolute Gasteiger partial charge is 0.175 e. The molecule has 0 atom stereocenters. The minimum absolute atomic E-state index is 0.499. The van der Waals surface area contributed by atoms with Crippen molar-refractivity contribution in [3.05, 3.63) is 86.9 Å². The van der Waals surface area contributed by atoms with Gasteiger partial charge in [-0.3, -0.25) is 0 Å². The largest absolute Gasteiger partial charge is 0.490 e. The second kappa shape index (κ2) is 9.84. The number of hydrogen-bond donors (Lipinski definition) is 1. The van der Waals surface area contributed by atoms with Gasteiger partial charge in [-0.25, -0.2) is 0 Å². The lowest BCUT2D eigenvalue weighted by Gasteiger charge is -2.17. The van der Waals surface area contributed by atoms with Crippen molar-refractivity contribution in [2.75, 3.05) is 11.9 Å². The van der Waals surface area contributed by atoms with Gasteiger partial charge in [0.1, 0.15) is 6.61 Å². The molecule has 0 radical (unpaired) electrons. The molecule has 0 spiro atoms. The summed E-state index contributed by atoms with van der Waals surface area (Å²) in [5.41, 5.74) is 7.21. The third-order valence-corrected chi connectivity index (χ3v) is 5.55. The Bertz CT molecular complexity index is 967. The Kier molecular flexibility index (Phi) is 7.21. The van der Waals surface area contributed by atoms with E-state index in [9.17, 15) is 0 Å². The molecule has 0 saturated carbocycles. The van der Waals surface area contributed by atoms with Gasteiger partial charge in [-0.1, -0.05) is 42.0 Å². The molecule has 3 aromatic carbocycles. The highest BCUT2D eigenvalue weighted by atomic mass is 79.9. The van der Waals surface area contributed by atoms with E-state index in [1.807, 2.05) is 6.92 Å². The van der Waals surface area contributed by atoms with Crippen molar-refractivity contribution in [3.8, 4) is 11.5 Å². The van der Waals surface area contributed by atoms with Crippen molar-refractivity contribution < 1.29 is 9.47 Å². The SMILES string of the molecule is CCOc1cc(CNc2cccc(C)c2C)cc(Br)c1OCc1ccc(C)cc1. The summed E-state index contributed by atoms with van der Waals surface area (Å²) >= 11 is 3.67. The zero-order valence-electron chi connectivity index (χ0n) is 17.5. The first-order chi connectivity index (χ1) is 14.0. The van der Waals surface area contributed by atoms with Gasteiger partial charge >= 0.3 is 0 Å². The van der Waals surface area contributed by atoms with Gasteiger partial charge in [-0.05, 0) is 84.1 Å². The minimum atomic E-state index is 0.499. The molecule has 0 unspecified atom stereocenters. The molecule has 0 saturated heterocycles. The molecule has 3 aromatic rings. The Morgan fingerprint density at radius 1 is 0.897 bits per heavy atom. The fraction of sp³-hybridized carbons (Fsp3) is 0.280. The molecule has 4 heteroatoms. The van der Waals surface area contributed by atoms with Crippen LogP contribution >= 0.6 is 15.9 Å². The highest BCUT2D eigenvalue weighted by molar-refractivity contribution is 9.10. The molecule has 0 fully saturated rings. The van der Waals surface area contributed by atoms with Crippen LogP contribution < -0.4 is 14.8 Å². The van der Waals surface area contributed by atoms with Gasteiger partial charge < -0.3 is 14.8 Å². The maximum atomic E-state index is 6.11. The molecule has 3 nitrogen and oxygen atoms in total. The lowest BCUT2D eigenvalue weighted by atomic mass is 10.1. The second-order valence-electron chi connectivity index (χ2n) is 7.21. The highest BCUT2D eigenvalue weighted by Gasteiger charge is 2.13. The first kappa shape index (κ1) is 21.3. The number of anilines is 1. The molecule has 0 heterocycles. The van der Waals surface area contributed by atoms with E-state index < -0.39 is 0 Å². The molecule has 29 heavy (non-hydrogen) atoms. The monoisotopic (exact) mass is 453 g/mol. The van der Waals surface area contributed by atoms with Crippen LogP contribution in [0.4, 0.5) is 5.69 Å². The second-order valence-corrected chi connectivity index (χ2v) is 8.07. The van der Waals surface area contributed by atoms with E-state index in [1.54, 1.807) is 0 Å². The van der Waals surface area contributed by atoms with Gasteiger partial charge in [0.05, 0.1) is 11.1 Å². The number of rotatable bonds is 8. The molecule has 0 aromatic heterocycles. The highest BCUT2D eigenvalue weighted by Crippen LogP contribution is 2.37. The van der Waals surface area contributed by atoms with Crippen LogP contribution in [0.3, 0.4) is 0 Å². The lowest BCUT2D eigenvalue weighted by Crippen LogP contribution is -2.05. The topological polar surface area (TPSA) is 30.5 Å². The number of halogens is 1. The third kappa shape index (κ3) is 5.54. The predicted molar refractivity (Wildman–Crippen MR) is 124 cm³/mol. The summed E-state index contributed by atoms with van der Waals surface area (Å²) in [6.07, 6.45) is 0. The van der Waals surface area contributed by atoms with Crippen molar-refractivity contribution in [2.24, 2.45) is 0 Å². The summed E-state index contributed by atoms with van der Waals surface area (Å²) in [6, 6.07) is 18.8. The van der Waals surface area contributed by atoms with E-state index >= 15 is 0 Å². The van der Waals surface area contributed by atoms with E-state index in [0.29, 0.717) is 19.8 Å². The average Bonchev–Trinajstić information content (AvgIpc) is 2.70. The summed E-state index contributed by atoms with van der Waals surface area (Å²) in [6.45, 7) is 10.1. The maximum absolute atomic E-state index is 6.11. The Balaban J connectivity index is 1.76. The number of aryl methyl sites for hydroxylation is 2. The van der Waals surface area contributed by atoms with Crippen LogP contribution in [0.5, 0.6) is 11.5 Å². The summed E-state index contributed by atoms with van der Waals surface area (Å²) in [4.78, 5) is 0. The van der Waals surface area contributed by atoms with Crippen LogP contribution in [0, 0.1) is 20.8 Å². The molecule has 3 rings (SSSR count). The summed E-state index contributed by atoms with van der Waals surface area (Å²) in [5.74, 6) is 1.50. The molecule has 152 valence electrons. The van der Waals surface area contributed by atoms with Crippen molar-refractivity contribution >= 4 is 21.6 Å². The number of ether oxygens (including phenoxy) is 2. The summed E-state index contributed by atoms with van der Waals surface area (Å²) < 4.78 is 12.9. The molecule has 0 aliphatic rings. The van der Waals surface area contributed by atoms with Gasteiger partial charge in [-0.2, -0.15) is 0 Å². The molecule has 0 aliphatic heterocycles. The van der Waals surface area contributed by atoms with E-state index in [4.69, 9.17) is 9.47 Å². The van der Waals surface area contributed by atoms with Crippen molar-refractivity contribution in [1.82, 2.24) is 0 Å². The van der Waals surface area contributed by atoms with Gasteiger partial charge in [0.2, 0.25) is 0 Å². The van der Waals surface area contributed by atoms with Gasteiger partial charge in [0.25, 0.3) is 0 Å². The normalized spacial score (nSPS) is 10.7. The van der Waals surface area contributed by atoms with Crippen LogP contribution in [0.2, 0.25) is 0 Å². The van der Waals surface area contributed by atoms with Crippen molar-refractivity contribution in [1.29, 1.82) is 0 Å². The molecule has 0 amide bonds. The van der Waals surface area contributed by atoms with Crippen LogP contribution in [0.1, 0.15) is 34.7 Å². The van der Waals surface area contributed by atoms with Gasteiger partial charge in [0.15, 0.2) is 11.5 Å². The molecular formula is C25H28BrNO2. The zero-order chi connectivity index (χ0) is 20.8. The lowest BCUT2D eigenvalue weighted by molar-refractivity contribution is 0.267. The first-order valence-electron chi connectivity index (χ1n) is 9.91. The van der Waals surface area contributed by atoms with E-state index in [0.717, 1.165) is 32.8 Å². The third-order valence-electron chi connectivity index (χ3n) is 4.96. The Morgan fingerprint density at radius 2 is 1.66 bits per heavy atom. The Morgan fingerprint density at radius 3 is 2.38 bits per heavy atom. The Labute approximate surface area is 182 Å². The van der Waals surface area contributed by atoms with Crippen LogP contribution in [0.15, 0.2) is 59.1 Å². The predicted octanol–water partition coefficient (Wildman–Crippen LogP) is 6.96. The average molecular weight is 454 g/mol. The van der Waals surface area contributed by atoms with E-state index in [2.05, 4.69) is 96.6 Å². The first-order valence-corrected chi connectivity index (χ1v) is 10.7. The zero-order valence-corrected chi connectivity index (χ0v) is 19.1. The van der Waals surface area contributed by atoms with Crippen LogP contribution in [-0.2, 0) is 13.2 Å². The van der Waals surface area contributed by atoms with E-state index in [1.165, 1.54) is 16.7 Å². The fourth-order valence-electron chi connectivity index (χ4n) is 3.11.